The molecule has 4 aromatic carbocycles. The van der Waals surface area contributed by atoms with Gasteiger partial charge in [-0.15, -0.1) is 0 Å². The van der Waals surface area contributed by atoms with Crippen molar-refractivity contribution < 1.29 is 0 Å². The zero-order valence-corrected chi connectivity index (χ0v) is 18.9. The van der Waals surface area contributed by atoms with Gasteiger partial charge in [-0.1, -0.05) is 93.6 Å². The lowest BCUT2D eigenvalue weighted by Crippen LogP contribution is -2.28. The molecule has 0 radical (unpaired) electrons. The van der Waals surface area contributed by atoms with Gasteiger partial charge in [0, 0.05) is 11.1 Å². The summed E-state index contributed by atoms with van der Waals surface area (Å²) in [7, 11) is 0. The van der Waals surface area contributed by atoms with Crippen LogP contribution < -0.4 is 5.32 Å². The Morgan fingerprint density at radius 1 is 0.600 bits per heavy atom. The summed E-state index contributed by atoms with van der Waals surface area (Å²) >= 11 is 0. The van der Waals surface area contributed by atoms with E-state index in [4.69, 9.17) is 0 Å². The maximum Gasteiger partial charge on any atom is 0.0569 e. The van der Waals surface area contributed by atoms with E-state index in [1.807, 2.05) is 0 Å². The van der Waals surface area contributed by atoms with Gasteiger partial charge in [0.2, 0.25) is 0 Å². The summed E-state index contributed by atoms with van der Waals surface area (Å²) in [5.41, 5.74) is 4.00. The van der Waals surface area contributed by atoms with Crippen LogP contribution in [0.4, 0.5) is 5.69 Å². The molecular formula is C29H33N. The summed E-state index contributed by atoms with van der Waals surface area (Å²) in [6.45, 7) is 11.5. The minimum absolute atomic E-state index is 0.173. The van der Waals surface area contributed by atoms with Gasteiger partial charge in [-0.3, -0.25) is 0 Å². The lowest BCUT2D eigenvalue weighted by atomic mass is 9.77. The molecule has 0 aliphatic carbocycles. The van der Waals surface area contributed by atoms with Crippen molar-refractivity contribution in [3.05, 3.63) is 90.0 Å². The summed E-state index contributed by atoms with van der Waals surface area (Å²) < 4.78 is 0. The SMILES string of the molecule is CCC(C)(CC)c1ccc(C(C)(C)Nc2cccc3c2ccc2ccccc23)cc1. The van der Waals surface area contributed by atoms with E-state index in [9.17, 15) is 0 Å². The fourth-order valence-corrected chi connectivity index (χ4v) is 4.51. The van der Waals surface area contributed by atoms with Crippen molar-refractivity contribution in [3.63, 3.8) is 0 Å². The molecule has 0 saturated heterocycles. The molecule has 0 bridgehead atoms. The number of anilines is 1. The highest BCUT2D eigenvalue weighted by atomic mass is 15.0. The normalized spacial score (nSPS) is 12.4. The maximum absolute atomic E-state index is 3.83. The van der Waals surface area contributed by atoms with Gasteiger partial charge in [-0.2, -0.15) is 0 Å². The monoisotopic (exact) mass is 395 g/mol. The summed E-state index contributed by atoms with van der Waals surface area (Å²) in [6.07, 6.45) is 2.32. The molecule has 0 aliphatic rings. The van der Waals surface area contributed by atoms with Crippen molar-refractivity contribution in [2.45, 2.75) is 58.4 Å². The predicted molar refractivity (Wildman–Crippen MR) is 132 cm³/mol. The average molecular weight is 396 g/mol. The first-order chi connectivity index (χ1) is 14.4. The molecule has 1 heteroatoms. The second-order valence-electron chi connectivity index (χ2n) is 9.28. The van der Waals surface area contributed by atoms with E-state index in [0.717, 1.165) is 12.8 Å². The van der Waals surface area contributed by atoms with Gasteiger partial charge in [0.1, 0.15) is 0 Å². The number of benzene rings is 4. The molecule has 0 amide bonds. The van der Waals surface area contributed by atoms with E-state index in [2.05, 4.69) is 119 Å². The lowest BCUT2D eigenvalue weighted by molar-refractivity contribution is 0.438. The van der Waals surface area contributed by atoms with Gasteiger partial charge in [0.15, 0.2) is 0 Å². The zero-order chi connectivity index (χ0) is 21.4. The number of hydrogen-bond acceptors (Lipinski definition) is 1. The molecule has 0 saturated carbocycles. The van der Waals surface area contributed by atoms with Gasteiger partial charge in [0.25, 0.3) is 0 Å². The van der Waals surface area contributed by atoms with Crippen LogP contribution in [0, 0.1) is 0 Å². The van der Waals surface area contributed by atoms with E-state index < -0.39 is 0 Å². The molecule has 154 valence electrons. The molecule has 0 aliphatic heterocycles. The Labute approximate surface area is 181 Å². The minimum Gasteiger partial charge on any atom is -0.376 e. The van der Waals surface area contributed by atoms with Gasteiger partial charge < -0.3 is 5.32 Å². The van der Waals surface area contributed by atoms with E-state index in [1.165, 1.54) is 38.4 Å². The second-order valence-corrected chi connectivity index (χ2v) is 9.28. The Kier molecular flexibility index (Phi) is 5.32. The average Bonchev–Trinajstić information content (AvgIpc) is 2.78. The summed E-state index contributed by atoms with van der Waals surface area (Å²) in [5, 5.41) is 8.98. The van der Waals surface area contributed by atoms with Crippen LogP contribution in [0.5, 0.6) is 0 Å². The van der Waals surface area contributed by atoms with E-state index in [1.54, 1.807) is 0 Å². The Balaban J connectivity index is 1.70. The second kappa shape index (κ2) is 7.80. The topological polar surface area (TPSA) is 12.0 Å². The van der Waals surface area contributed by atoms with Crippen LogP contribution in [0.1, 0.15) is 58.6 Å². The van der Waals surface area contributed by atoms with Crippen molar-refractivity contribution in [1.29, 1.82) is 0 Å². The molecule has 1 N–H and O–H groups in total. The molecule has 0 spiro atoms. The van der Waals surface area contributed by atoms with Crippen LogP contribution >= 0.6 is 0 Å². The maximum atomic E-state index is 3.83. The van der Waals surface area contributed by atoms with E-state index in [0.29, 0.717) is 0 Å². The van der Waals surface area contributed by atoms with Crippen LogP contribution in [0.25, 0.3) is 21.5 Å². The number of nitrogens with one attached hydrogen (secondary N) is 1. The quantitative estimate of drug-likeness (QED) is 0.323. The first kappa shape index (κ1) is 20.5. The third-order valence-corrected chi connectivity index (χ3v) is 7.10. The van der Waals surface area contributed by atoms with Crippen LogP contribution in [-0.2, 0) is 11.0 Å². The van der Waals surface area contributed by atoms with E-state index >= 15 is 0 Å². The zero-order valence-electron chi connectivity index (χ0n) is 18.9. The Bertz CT molecular complexity index is 1160. The molecule has 0 fully saturated rings. The van der Waals surface area contributed by atoms with Crippen LogP contribution in [0.3, 0.4) is 0 Å². The van der Waals surface area contributed by atoms with Crippen molar-refractivity contribution in [2.75, 3.05) is 5.32 Å². The Morgan fingerprint density at radius 3 is 1.93 bits per heavy atom. The third-order valence-electron chi connectivity index (χ3n) is 7.10. The van der Waals surface area contributed by atoms with Crippen LogP contribution in [0.2, 0.25) is 0 Å². The molecule has 1 nitrogen and oxygen atoms in total. The molecule has 30 heavy (non-hydrogen) atoms. The van der Waals surface area contributed by atoms with Gasteiger partial charge in [-0.25, -0.2) is 0 Å². The lowest BCUT2D eigenvalue weighted by Gasteiger charge is -2.31. The predicted octanol–water partition coefficient (Wildman–Crippen LogP) is 8.42. The Morgan fingerprint density at radius 2 is 1.23 bits per heavy atom. The van der Waals surface area contributed by atoms with Crippen LogP contribution in [-0.4, -0.2) is 0 Å². The summed E-state index contributed by atoms with van der Waals surface area (Å²) in [4.78, 5) is 0. The van der Waals surface area contributed by atoms with Crippen molar-refractivity contribution in [3.8, 4) is 0 Å². The third kappa shape index (κ3) is 3.58. The number of hydrogen-bond donors (Lipinski definition) is 1. The standard InChI is InChI=1S/C29H33N/c1-6-29(5,7-2)23-18-16-22(17-19-23)28(3,4)30-27-14-10-13-25-24-12-9-8-11-21(24)15-20-26(25)27/h8-20,30H,6-7H2,1-5H3. The largest absolute Gasteiger partial charge is 0.376 e. The molecule has 0 heterocycles. The molecule has 0 atom stereocenters. The van der Waals surface area contributed by atoms with Gasteiger partial charge in [-0.05, 0) is 65.5 Å². The fourth-order valence-electron chi connectivity index (χ4n) is 4.51. The smallest absolute Gasteiger partial charge is 0.0569 e. The van der Waals surface area contributed by atoms with Gasteiger partial charge >= 0.3 is 0 Å². The highest BCUT2D eigenvalue weighted by Gasteiger charge is 2.25. The molecule has 4 rings (SSSR count). The highest BCUT2D eigenvalue weighted by Crippen LogP contribution is 2.36. The van der Waals surface area contributed by atoms with Crippen LogP contribution in [0.15, 0.2) is 78.9 Å². The number of rotatable bonds is 6. The molecule has 4 aromatic rings. The summed E-state index contributed by atoms with van der Waals surface area (Å²) in [5.74, 6) is 0. The molecule has 0 unspecified atom stereocenters. The van der Waals surface area contributed by atoms with Crippen molar-refractivity contribution in [1.82, 2.24) is 0 Å². The van der Waals surface area contributed by atoms with E-state index in [-0.39, 0.29) is 11.0 Å². The fraction of sp³-hybridized carbons (Fsp3) is 0.310. The molecular weight excluding hydrogens is 362 g/mol. The minimum atomic E-state index is -0.173. The summed E-state index contributed by atoms with van der Waals surface area (Å²) in [6, 6.07) is 28.9. The van der Waals surface area contributed by atoms with Crippen molar-refractivity contribution >= 4 is 27.2 Å². The Hall–Kier alpha value is -2.80. The highest BCUT2D eigenvalue weighted by molar-refractivity contribution is 6.11. The van der Waals surface area contributed by atoms with Gasteiger partial charge in [0.05, 0.1) is 5.54 Å². The first-order valence-corrected chi connectivity index (χ1v) is 11.2. The molecule has 0 aromatic heterocycles. The number of fused-ring (bicyclic) bond motifs is 3. The first-order valence-electron chi connectivity index (χ1n) is 11.2. The van der Waals surface area contributed by atoms with Crippen molar-refractivity contribution in [2.24, 2.45) is 0 Å².